The number of halogens is 1. The molecule has 0 bridgehead atoms. The molecule has 1 saturated heterocycles. The Morgan fingerprint density at radius 3 is 2.31 bits per heavy atom. The molecule has 2 aromatic carbocycles. The predicted octanol–water partition coefficient (Wildman–Crippen LogP) is 5.67. The molecule has 6 rings (SSSR count). The van der Waals surface area contributed by atoms with Crippen LogP contribution in [0.15, 0.2) is 65.3 Å². The molecule has 0 saturated carbocycles. The first-order valence-electron chi connectivity index (χ1n) is 12.4. The summed E-state index contributed by atoms with van der Waals surface area (Å²) in [4.78, 5) is 32.4. The molecule has 0 N–H and O–H groups in total. The third-order valence-corrected chi connectivity index (χ3v) is 7.67. The fourth-order valence-corrected chi connectivity index (χ4v) is 6.05. The van der Waals surface area contributed by atoms with Crippen molar-refractivity contribution in [1.29, 1.82) is 0 Å². The number of ether oxygens (including phenoxy) is 2. The van der Waals surface area contributed by atoms with Crippen LogP contribution < -0.4 is 9.80 Å². The van der Waals surface area contributed by atoms with E-state index < -0.39 is 17.5 Å². The van der Waals surface area contributed by atoms with Crippen molar-refractivity contribution in [2.45, 2.75) is 50.6 Å². The van der Waals surface area contributed by atoms with Crippen LogP contribution in [0.5, 0.6) is 0 Å². The molecule has 186 valence electrons. The van der Waals surface area contributed by atoms with Gasteiger partial charge in [0, 0.05) is 29.2 Å². The number of carbonyl (C=O) groups excluding carboxylic acids is 2. The highest BCUT2D eigenvalue weighted by molar-refractivity contribution is 6.31. The van der Waals surface area contributed by atoms with Crippen LogP contribution in [-0.2, 0) is 30.3 Å². The van der Waals surface area contributed by atoms with E-state index in [0.717, 1.165) is 19.3 Å². The molecule has 0 unspecified atom stereocenters. The van der Waals surface area contributed by atoms with Crippen molar-refractivity contribution in [2.24, 2.45) is 0 Å². The van der Waals surface area contributed by atoms with Gasteiger partial charge in [0.1, 0.15) is 0 Å². The highest BCUT2D eigenvalue weighted by Crippen LogP contribution is 2.65. The number of rotatable bonds is 6. The van der Waals surface area contributed by atoms with Gasteiger partial charge in [-0.05, 0) is 49.7 Å². The van der Waals surface area contributed by atoms with Crippen molar-refractivity contribution in [3.05, 3.63) is 82.8 Å². The minimum atomic E-state index is -1.77. The lowest BCUT2D eigenvalue weighted by Gasteiger charge is -2.35. The second-order valence-electron chi connectivity index (χ2n) is 9.34. The number of likely N-dealkylation sites (N-methyl/N-ethyl adjacent to an activating group) is 1. The molecule has 7 nitrogen and oxygen atoms in total. The molecule has 36 heavy (non-hydrogen) atoms. The van der Waals surface area contributed by atoms with Gasteiger partial charge in [0.2, 0.25) is 17.5 Å². The van der Waals surface area contributed by atoms with Crippen LogP contribution in [0, 0.1) is 0 Å². The Labute approximate surface area is 214 Å². The van der Waals surface area contributed by atoms with Crippen LogP contribution in [0.3, 0.4) is 0 Å². The van der Waals surface area contributed by atoms with Gasteiger partial charge >= 0.3 is 0 Å². The summed E-state index contributed by atoms with van der Waals surface area (Å²) in [7, 11) is 0. The van der Waals surface area contributed by atoms with Gasteiger partial charge in [0.15, 0.2) is 5.76 Å². The van der Waals surface area contributed by atoms with E-state index >= 15 is 0 Å². The minimum absolute atomic E-state index is 0.328. The van der Waals surface area contributed by atoms with Crippen molar-refractivity contribution < 1.29 is 23.5 Å². The largest absolute Gasteiger partial charge is 0.464 e. The molecule has 3 aliphatic rings. The van der Waals surface area contributed by atoms with E-state index in [4.69, 9.17) is 25.5 Å². The van der Waals surface area contributed by atoms with Crippen LogP contribution in [0.2, 0.25) is 5.02 Å². The standard InChI is InChI=1S/C28H27ClN2O5/c1-3-5-8-15-31-22-14-13-18(29)17-20(22)28(26(31)33)27(35-24(36-28)23-12-9-16-34-23)19-10-6-7-11-21(19)30(4-2)25(27)32/h6-7,9-14,16-17,24H,3-5,8,15H2,1-2H3/t24-,27-,28-/m1/s1. The minimum Gasteiger partial charge on any atom is -0.464 e. The fourth-order valence-electron chi connectivity index (χ4n) is 5.88. The van der Waals surface area contributed by atoms with E-state index in [0.29, 0.717) is 46.4 Å². The number of benzene rings is 2. The summed E-state index contributed by atoms with van der Waals surface area (Å²) in [5, 5.41) is 0.447. The van der Waals surface area contributed by atoms with Gasteiger partial charge in [-0.2, -0.15) is 0 Å². The molecule has 3 atom stereocenters. The molecule has 8 heteroatoms. The number of anilines is 2. The van der Waals surface area contributed by atoms with E-state index in [9.17, 15) is 9.59 Å². The molecule has 1 aromatic heterocycles. The van der Waals surface area contributed by atoms with Gasteiger partial charge in [-0.1, -0.05) is 49.6 Å². The van der Waals surface area contributed by atoms with Gasteiger partial charge in [-0.3, -0.25) is 9.59 Å². The molecule has 3 aliphatic heterocycles. The van der Waals surface area contributed by atoms with Gasteiger partial charge in [-0.15, -0.1) is 0 Å². The Morgan fingerprint density at radius 2 is 1.58 bits per heavy atom. The molecule has 4 heterocycles. The monoisotopic (exact) mass is 506 g/mol. The molecular formula is C28H27ClN2O5. The van der Waals surface area contributed by atoms with Crippen molar-refractivity contribution in [3.63, 3.8) is 0 Å². The Morgan fingerprint density at radius 1 is 0.861 bits per heavy atom. The van der Waals surface area contributed by atoms with Crippen molar-refractivity contribution in [3.8, 4) is 0 Å². The zero-order valence-electron chi connectivity index (χ0n) is 20.2. The Hall–Kier alpha value is -3.13. The molecular weight excluding hydrogens is 480 g/mol. The third-order valence-electron chi connectivity index (χ3n) is 7.44. The van der Waals surface area contributed by atoms with Crippen LogP contribution in [-0.4, -0.2) is 24.9 Å². The molecule has 3 aromatic rings. The topological polar surface area (TPSA) is 72.2 Å². The van der Waals surface area contributed by atoms with Crippen molar-refractivity contribution >= 4 is 34.8 Å². The normalized spacial score (nSPS) is 26.5. The summed E-state index contributed by atoms with van der Waals surface area (Å²) < 4.78 is 18.9. The van der Waals surface area contributed by atoms with Crippen molar-refractivity contribution in [1.82, 2.24) is 0 Å². The lowest BCUT2D eigenvalue weighted by Crippen LogP contribution is -2.58. The summed E-state index contributed by atoms with van der Waals surface area (Å²) in [5.41, 5.74) is -0.994. The quantitative estimate of drug-likeness (QED) is 0.403. The van der Waals surface area contributed by atoms with Crippen LogP contribution in [0.1, 0.15) is 56.3 Å². The first-order valence-corrected chi connectivity index (χ1v) is 12.8. The maximum Gasteiger partial charge on any atom is 0.268 e. The summed E-state index contributed by atoms with van der Waals surface area (Å²) in [6.45, 7) is 4.93. The Bertz CT molecular complexity index is 1340. The first kappa shape index (κ1) is 23.3. The number of hydrogen-bond acceptors (Lipinski definition) is 5. The zero-order chi connectivity index (χ0) is 25.1. The first-order chi connectivity index (χ1) is 17.5. The number of fused-ring (bicyclic) bond motifs is 5. The van der Waals surface area contributed by atoms with Gasteiger partial charge in [-0.25, -0.2) is 0 Å². The third kappa shape index (κ3) is 2.88. The summed E-state index contributed by atoms with van der Waals surface area (Å²) in [6.07, 6.45) is 3.26. The summed E-state index contributed by atoms with van der Waals surface area (Å²) in [6, 6.07) is 16.2. The molecule has 2 spiro atoms. The molecule has 0 radical (unpaired) electrons. The van der Waals surface area contributed by atoms with Crippen LogP contribution in [0.25, 0.3) is 0 Å². The average Bonchev–Trinajstić information content (AvgIpc) is 3.63. The lowest BCUT2D eigenvalue weighted by atomic mass is 9.74. The molecule has 1 fully saturated rings. The molecule has 2 amide bonds. The number of hydrogen-bond donors (Lipinski definition) is 0. The number of nitrogens with zero attached hydrogens (tertiary/aromatic N) is 2. The second-order valence-corrected chi connectivity index (χ2v) is 9.77. The van der Waals surface area contributed by atoms with E-state index in [-0.39, 0.29) is 11.8 Å². The number of furan rings is 1. The Balaban J connectivity index is 1.63. The summed E-state index contributed by atoms with van der Waals surface area (Å²) in [5.74, 6) is -0.284. The highest BCUT2D eigenvalue weighted by atomic mass is 35.5. The number of para-hydroxylation sites is 1. The highest BCUT2D eigenvalue weighted by Gasteiger charge is 2.78. The van der Waals surface area contributed by atoms with Crippen LogP contribution >= 0.6 is 11.6 Å². The van der Waals surface area contributed by atoms with E-state index in [1.807, 2.05) is 37.3 Å². The lowest BCUT2D eigenvalue weighted by molar-refractivity contribution is -0.156. The Kier molecular flexibility index (Phi) is 5.48. The van der Waals surface area contributed by atoms with Crippen molar-refractivity contribution in [2.75, 3.05) is 22.9 Å². The zero-order valence-corrected chi connectivity index (χ0v) is 21.0. The summed E-state index contributed by atoms with van der Waals surface area (Å²) >= 11 is 6.49. The smallest absolute Gasteiger partial charge is 0.268 e. The van der Waals surface area contributed by atoms with E-state index in [1.54, 1.807) is 34.1 Å². The average molecular weight is 507 g/mol. The maximum atomic E-state index is 14.6. The number of carbonyl (C=O) groups is 2. The second kappa shape index (κ2) is 8.47. The number of amides is 2. The van der Waals surface area contributed by atoms with Gasteiger partial charge in [0.05, 0.1) is 17.6 Å². The SMILES string of the molecule is CCCCCN1C(=O)[C@]2(O[C@H](c3ccco3)O[C@]23C(=O)N(CC)c2ccccc23)c2cc(Cl)ccc21. The number of unbranched alkanes of at least 4 members (excludes halogenated alkanes) is 2. The van der Waals surface area contributed by atoms with E-state index in [2.05, 4.69) is 6.92 Å². The maximum absolute atomic E-state index is 14.6. The molecule has 0 aliphatic carbocycles. The predicted molar refractivity (Wildman–Crippen MR) is 135 cm³/mol. The van der Waals surface area contributed by atoms with Gasteiger partial charge in [0.25, 0.3) is 11.8 Å². The fraction of sp³-hybridized carbons (Fsp3) is 0.357. The van der Waals surface area contributed by atoms with Gasteiger partial charge < -0.3 is 23.7 Å². The van der Waals surface area contributed by atoms with Crippen LogP contribution in [0.4, 0.5) is 11.4 Å². The van der Waals surface area contributed by atoms with E-state index in [1.165, 1.54) is 6.26 Å².